The van der Waals surface area contributed by atoms with Crippen molar-refractivity contribution in [2.45, 2.75) is 32.5 Å². The highest BCUT2D eigenvalue weighted by Gasteiger charge is 2.21. The first-order valence-corrected chi connectivity index (χ1v) is 8.12. The summed E-state index contributed by atoms with van der Waals surface area (Å²) in [6.07, 6.45) is 0.521. The van der Waals surface area contributed by atoms with Gasteiger partial charge in [0.1, 0.15) is 6.10 Å². The summed E-state index contributed by atoms with van der Waals surface area (Å²) in [4.78, 5) is 16.8. The van der Waals surface area contributed by atoms with Gasteiger partial charge >= 0.3 is 0 Å². The summed E-state index contributed by atoms with van der Waals surface area (Å²) in [6.45, 7) is 6.75. The summed E-state index contributed by atoms with van der Waals surface area (Å²) in [5.41, 5.74) is 0.632. The number of carbonyl (C=O) groups excluding carboxylic acids is 1. The van der Waals surface area contributed by atoms with Gasteiger partial charge in [-0.15, -0.1) is 0 Å². The molecule has 0 aliphatic rings. The van der Waals surface area contributed by atoms with Crippen LogP contribution in [0.15, 0.2) is 30.3 Å². The molecule has 1 rings (SSSR count). The second-order valence-corrected chi connectivity index (χ2v) is 6.45. The van der Waals surface area contributed by atoms with Crippen LogP contribution in [0.25, 0.3) is 0 Å². The molecular formula is C15H22INO3. The smallest absolute Gasteiger partial charge is 0.233 e. The molecule has 0 radical (unpaired) electrons. The predicted octanol–water partition coefficient (Wildman–Crippen LogP) is 3.37. The SMILES string of the molecule is CC(C)(C)ON(C=O)CC(OCCI)c1ccccc1. The number of benzene rings is 1. The fourth-order valence-corrected chi connectivity index (χ4v) is 1.98. The van der Waals surface area contributed by atoms with Gasteiger partial charge in [-0.25, -0.2) is 5.06 Å². The summed E-state index contributed by atoms with van der Waals surface area (Å²) in [5, 5.41) is 1.31. The standard InChI is InChI=1S/C15H22INO3/c1-15(2,3)20-17(12-18)11-14(19-10-9-16)13-7-5-4-6-8-13/h4-8,12,14H,9-11H2,1-3H3. The molecular weight excluding hydrogens is 369 g/mol. The number of alkyl halides is 1. The summed E-state index contributed by atoms with van der Waals surface area (Å²) in [6, 6.07) is 9.88. The van der Waals surface area contributed by atoms with Crippen LogP contribution in [0.5, 0.6) is 0 Å². The second-order valence-electron chi connectivity index (χ2n) is 5.37. The number of halogens is 1. The Bertz CT molecular complexity index is 392. The van der Waals surface area contributed by atoms with Gasteiger partial charge in [0, 0.05) is 4.43 Å². The average molecular weight is 391 g/mol. The van der Waals surface area contributed by atoms with Crippen molar-refractivity contribution >= 4 is 29.0 Å². The maximum absolute atomic E-state index is 11.2. The van der Waals surface area contributed by atoms with Crippen molar-refractivity contribution in [1.82, 2.24) is 5.06 Å². The maximum Gasteiger partial charge on any atom is 0.233 e. The number of nitrogens with zero attached hydrogens (tertiary/aromatic N) is 1. The summed E-state index contributed by atoms with van der Waals surface area (Å²) < 4.78 is 6.74. The largest absolute Gasteiger partial charge is 0.371 e. The molecule has 1 atom stereocenters. The van der Waals surface area contributed by atoms with E-state index in [1.54, 1.807) is 0 Å². The monoisotopic (exact) mass is 391 g/mol. The minimum atomic E-state index is -0.411. The molecule has 0 N–H and O–H groups in total. The zero-order chi connectivity index (χ0) is 15.0. The highest BCUT2D eigenvalue weighted by atomic mass is 127. The fraction of sp³-hybridized carbons (Fsp3) is 0.533. The summed E-state index contributed by atoms with van der Waals surface area (Å²) in [7, 11) is 0. The topological polar surface area (TPSA) is 38.8 Å². The van der Waals surface area contributed by atoms with E-state index in [0.29, 0.717) is 19.6 Å². The number of hydrogen-bond donors (Lipinski definition) is 0. The quantitative estimate of drug-likeness (QED) is 0.295. The van der Waals surface area contributed by atoms with Gasteiger partial charge in [0.05, 0.1) is 18.8 Å². The van der Waals surface area contributed by atoms with Crippen molar-refractivity contribution in [3.05, 3.63) is 35.9 Å². The van der Waals surface area contributed by atoms with Crippen molar-refractivity contribution in [3.63, 3.8) is 0 Å². The molecule has 4 nitrogen and oxygen atoms in total. The van der Waals surface area contributed by atoms with Gasteiger partial charge in [-0.1, -0.05) is 52.9 Å². The number of rotatable bonds is 8. The minimum absolute atomic E-state index is 0.182. The fourth-order valence-electron chi connectivity index (χ4n) is 1.73. The van der Waals surface area contributed by atoms with E-state index in [4.69, 9.17) is 9.57 Å². The van der Waals surface area contributed by atoms with E-state index in [1.807, 2.05) is 51.1 Å². The normalized spacial score (nSPS) is 13.0. The van der Waals surface area contributed by atoms with E-state index < -0.39 is 5.60 Å². The number of ether oxygens (including phenoxy) is 1. The Morgan fingerprint density at radius 1 is 1.30 bits per heavy atom. The van der Waals surface area contributed by atoms with Crippen LogP contribution in [-0.4, -0.2) is 34.7 Å². The first kappa shape index (κ1) is 17.4. The lowest BCUT2D eigenvalue weighted by Crippen LogP contribution is -2.36. The lowest BCUT2D eigenvalue weighted by Gasteiger charge is -2.29. The lowest BCUT2D eigenvalue weighted by molar-refractivity contribution is -0.225. The predicted molar refractivity (Wildman–Crippen MR) is 87.6 cm³/mol. The molecule has 5 heteroatoms. The third kappa shape index (κ3) is 6.67. The molecule has 1 aromatic carbocycles. The minimum Gasteiger partial charge on any atom is -0.371 e. The van der Waals surface area contributed by atoms with E-state index >= 15 is 0 Å². The number of carbonyl (C=O) groups is 1. The van der Waals surface area contributed by atoms with Gasteiger partial charge in [-0.2, -0.15) is 0 Å². The van der Waals surface area contributed by atoms with Crippen LogP contribution in [0.2, 0.25) is 0 Å². The van der Waals surface area contributed by atoms with Crippen LogP contribution in [0.4, 0.5) is 0 Å². The molecule has 1 aromatic rings. The van der Waals surface area contributed by atoms with Crippen molar-refractivity contribution < 1.29 is 14.4 Å². The van der Waals surface area contributed by atoms with E-state index in [2.05, 4.69) is 22.6 Å². The Kier molecular flexibility index (Phi) is 7.47. The lowest BCUT2D eigenvalue weighted by atomic mass is 10.1. The molecule has 0 saturated carbocycles. The third-order valence-corrected chi connectivity index (χ3v) is 2.86. The Labute approximate surface area is 134 Å². The number of hydroxylamine groups is 2. The van der Waals surface area contributed by atoms with Gasteiger partial charge in [0.25, 0.3) is 0 Å². The highest BCUT2D eigenvalue weighted by molar-refractivity contribution is 14.1. The Morgan fingerprint density at radius 3 is 2.45 bits per heavy atom. The highest BCUT2D eigenvalue weighted by Crippen LogP contribution is 2.20. The van der Waals surface area contributed by atoms with E-state index in [-0.39, 0.29) is 6.10 Å². The molecule has 0 saturated heterocycles. The Morgan fingerprint density at radius 2 is 1.95 bits per heavy atom. The van der Waals surface area contributed by atoms with Gasteiger partial charge in [0.15, 0.2) is 0 Å². The first-order valence-electron chi connectivity index (χ1n) is 6.60. The summed E-state index contributed by atoms with van der Waals surface area (Å²) >= 11 is 2.27. The molecule has 0 spiro atoms. The van der Waals surface area contributed by atoms with Gasteiger partial charge in [-0.3, -0.25) is 9.63 Å². The van der Waals surface area contributed by atoms with Crippen LogP contribution < -0.4 is 0 Å². The molecule has 0 bridgehead atoms. The molecule has 1 amide bonds. The van der Waals surface area contributed by atoms with Crippen LogP contribution in [0, 0.1) is 0 Å². The van der Waals surface area contributed by atoms with Crippen molar-refractivity contribution in [3.8, 4) is 0 Å². The van der Waals surface area contributed by atoms with E-state index in [0.717, 1.165) is 9.99 Å². The molecule has 0 fully saturated rings. The molecule has 20 heavy (non-hydrogen) atoms. The van der Waals surface area contributed by atoms with Crippen molar-refractivity contribution in [2.24, 2.45) is 0 Å². The second kappa shape index (κ2) is 8.59. The maximum atomic E-state index is 11.2. The van der Waals surface area contributed by atoms with Gasteiger partial charge in [0.2, 0.25) is 6.41 Å². The van der Waals surface area contributed by atoms with Crippen LogP contribution >= 0.6 is 22.6 Å². The number of amides is 1. The third-order valence-electron chi connectivity index (χ3n) is 2.42. The first-order chi connectivity index (χ1) is 9.46. The number of hydrogen-bond acceptors (Lipinski definition) is 3. The zero-order valence-electron chi connectivity index (χ0n) is 12.2. The zero-order valence-corrected chi connectivity index (χ0v) is 14.4. The van der Waals surface area contributed by atoms with Crippen LogP contribution in [0.3, 0.4) is 0 Å². The van der Waals surface area contributed by atoms with Crippen molar-refractivity contribution in [1.29, 1.82) is 0 Å². The van der Waals surface area contributed by atoms with Gasteiger partial charge < -0.3 is 4.74 Å². The molecule has 0 aromatic heterocycles. The van der Waals surface area contributed by atoms with Crippen LogP contribution in [0.1, 0.15) is 32.4 Å². The average Bonchev–Trinajstić information content (AvgIpc) is 2.41. The molecule has 0 aliphatic carbocycles. The van der Waals surface area contributed by atoms with E-state index in [9.17, 15) is 4.79 Å². The summed E-state index contributed by atoms with van der Waals surface area (Å²) in [5.74, 6) is 0. The Balaban J connectivity index is 2.75. The molecule has 0 heterocycles. The molecule has 0 aliphatic heterocycles. The Hall–Kier alpha value is -0.660. The van der Waals surface area contributed by atoms with Crippen LogP contribution in [-0.2, 0) is 14.4 Å². The molecule has 112 valence electrons. The van der Waals surface area contributed by atoms with E-state index in [1.165, 1.54) is 5.06 Å². The molecule has 1 unspecified atom stereocenters. The van der Waals surface area contributed by atoms with Gasteiger partial charge in [-0.05, 0) is 26.3 Å². The van der Waals surface area contributed by atoms with Crippen molar-refractivity contribution in [2.75, 3.05) is 17.6 Å².